The number of rotatable bonds is 19. The van der Waals surface area contributed by atoms with Crippen molar-refractivity contribution >= 4 is 0 Å². The molecular weight excluding hydrogens is 880 g/mol. The Morgan fingerprint density at radius 1 is 0.344 bits per heavy atom. The first-order chi connectivity index (χ1) is 30.3. The average Bonchev–Trinajstić information content (AvgIpc) is 3.29. The van der Waals surface area contributed by atoms with E-state index in [-0.39, 0.29) is 0 Å². The van der Waals surface area contributed by atoms with E-state index in [1.54, 1.807) is 0 Å². The van der Waals surface area contributed by atoms with E-state index < -0.39 is 212 Å². The van der Waals surface area contributed by atoms with Gasteiger partial charge in [0, 0.05) is 12.5 Å². The molecule has 17 N–H and O–H groups in total. The minimum atomic E-state index is -1.98. The second kappa shape index (κ2) is 23.5. The van der Waals surface area contributed by atoms with Crippen molar-refractivity contribution in [3.63, 3.8) is 0 Å². The van der Waals surface area contributed by atoms with Crippen molar-refractivity contribution in [3.05, 3.63) is 0 Å². The third kappa shape index (κ3) is 11.7. The van der Waals surface area contributed by atoms with Crippen molar-refractivity contribution in [3.8, 4) is 0 Å². The number of aliphatic hydroxyl groups excluding tert-OH is 17. The zero-order valence-electron chi connectivity index (χ0n) is 34.7. The summed E-state index contributed by atoms with van der Waals surface area (Å²) in [5.41, 5.74) is -1.54. The molecule has 376 valence electrons. The van der Waals surface area contributed by atoms with E-state index in [1.807, 2.05) is 0 Å². The summed E-state index contributed by atoms with van der Waals surface area (Å²) in [6.45, 7) is -4.36. The largest absolute Gasteiger partial charge is 0.394 e. The molecule has 5 fully saturated rings. The predicted octanol–water partition coefficient (Wildman–Crippen LogP) is -11.3. The maximum Gasteiger partial charge on any atom is 0.187 e. The Bertz CT molecular complexity index is 1300. The predicted molar refractivity (Wildman–Crippen MR) is 197 cm³/mol. The lowest BCUT2D eigenvalue weighted by Crippen LogP contribution is -2.65. The number of ether oxygens (including phenoxy) is 11. The normalized spacial score (nSPS) is 49.1. The average molecular weight is 945 g/mol. The first-order valence-corrected chi connectivity index (χ1v) is 20.5. The molecule has 64 heavy (non-hydrogen) atoms. The van der Waals surface area contributed by atoms with Crippen molar-refractivity contribution in [1.29, 1.82) is 0 Å². The molecule has 0 spiro atoms. The second-order valence-electron chi connectivity index (χ2n) is 16.7. The van der Waals surface area contributed by atoms with Crippen LogP contribution in [0.1, 0.15) is 6.92 Å². The lowest BCUT2D eigenvalue weighted by atomic mass is 9.93. The van der Waals surface area contributed by atoms with Crippen LogP contribution in [-0.2, 0) is 52.1 Å². The SMILES string of the molecule is CO[C@@H]1C(CO)O[C@@H](OCC(C)(CO[C@@H]2OC(CO)[C@@H](O[C@@H]3OC(CO)[C@H](O)[C@H](O)C3O)[C@H](O)C2O)CO[C@@H]2OC(CO)[C@@H](O[C@@H]3OC(CO)[C@H](O)C(O)[C@@H]3O)C(O)[C@@H]2O)C(O)[C@H]1O. The lowest BCUT2D eigenvalue weighted by molar-refractivity contribution is -0.366. The Labute approximate surface area is 364 Å². The smallest absolute Gasteiger partial charge is 0.187 e. The molecule has 5 rings (SSSR count). The minimum absolute atomic E-state index is 0.549. The molecule has 5 aliphatic heterocycles. The van der Waals surface area contributed by atoms with Gasteiger partial charge < -0.3 is 139 Å². The molecule has 26 atom stereocenters. The summed E-state index contributed by atoms with van der Waals surface area (Å²) in [7, 11) is 1.22. The van der Waals surface area contributed by atoms with E-state index in [2.05, 4.69) is 0 Å². The van der Waals surface area contributed by atoms with Gasteiger partial charge in [-0.3, -0.25) is 0 Å². The summed E-state index contributed by atoms with van der Waals surface area (Å²) < 4.78 is 61.6. The van der Waals surface area contributed by atoms with Gasteiger partial charge in [0.15, 0.2) is 31.5 Å². The third-order valence-corrected chi connectivity index (χ3v) is 11.8. The Balaban J connectivity index is 1.30. The molecule has 0 saturated carbocycles. The molecule has 5 saturated heterocycles. The zero-order valence-corrected chi connectivity index (χ0v) is 34.7. The summed E-state index contributed by atoms with van der Waals surface area (Å²) in [4.78, 5) is 0. The number of aliphatic hydroxyl groups is 17. The van der Waals surface area contributed by atoms with Gasteiger partial charge in [-0.15, -0.1) is 0 Å². The topological polar surface area (TPSA) is 445 Å². The molecule has 11 unspecified atom stereocenters. The molecule has 0 bridgehead atoms. The van der Waals surface area contributed by atoms with E-state index in [4.69, 9.17) is 52.1 Å². The van der Waals surface area contributed by atoms with Gasteiger partial charge in [-0.1, -0.05) is 6.92 Å². The van der Waals surface area contributed by atoms with E-state index in [9.17, 15) is 86.8 Å². The van der Waals surface area contributed by atoms with Crippen LogP contribution in [0.25, 0.3) is 0 Å². The fourth-order valence-corrected chi connectivity index (χ4v) is 7.84. The first kappa shape index (κ1) is 53.8. The van der Waals surface area contributed by atoms with Crippen molar-refractivity contribution < 1.29 is 139 Å². The number of hydrogen-bond donors (Lipinski definition) is 17. The van der Waals surface area contributed by atoms with E-state index in [0.717, 1.165) is 0 Å². The Morgan fingerprint density at radius 3 is 0.906 bits per heavy atom. The van der Waals surface area contributed by atoms with Crippen LogP contribution in [0.15, 0.2) is 0 Å². The molecule has 28 heteroatoms. The van der Waals surface area contributed by atoms with Gasteiger partial charge >= 0.3 is 0 Å². The quantitative estimate of drug-likeness (QED) is 0.0572. The monoisotopic (exact) mass is 944 g/mol. The second-order valence-corrected chi connectivity index (χ2v) is 16.7. The van der Waals surface area contributed by atoms with Crippen LogP contribution in [0, 0.1) is 5.41 Å². The van der Waals surface area contributed by atoms with E-state index >= 15 is 0 Å². The van der Waals surface area contributed by atoms with Crippen LogP contribution in [-0.4, -0.2) is 300 Å². The Morgan fingerprint density at radius 2 is 0.609 bits per heavy atom. The highest BCUT2D eigenvalue weighted by atomic mass is 16.8. The standard InChI is InChI=1S/C36H64O28/c1-36(8-55-31-25(51)20(46)28(54-2)13(5-39)60-31,9-56-32-26(52)21(47)29(14(6-40)61-32)63-34-23(49)18(44)16(42)11(3-37)58-34)10-57-33-27(53)22(48)30(15(7-41)62-33)64-35-24(50)19(45)17(43)12(4-38)59-35/h11-35,37-53H,3-10H2,1-2H3/t11?,12?,13?,14?,15?,16-,17-,18-,19?,20+,21+,22?,23?,24-,25?,26?,27-,28+,29+,30+,31+,32+,33+,34-,35-,36?/m0/s1. The first-order valence-electron chi connectivity index (χ1n) is 20.5. The molecule has 0 aromatic carbocycles. The summed E-state index contributed by atoms with van der Waals surface area (Å²) >= 11 is 0. The van der Waals surface area contributed by atoms with Crippen molar-refractivity contribution in [2.45, 2.75) is 160 Å². The molecule has 0 aliphatic carbocycles. The lowest BCUT2D eigenvalue weighted by Gasteiger charge is -2.47. The van der Waals surface area contributed by atoms with Crippen molar-refractivity contribution in [2.75, 3.05) is 60.0 Å². The van der Waals surface area contributed by atoms with Gasteiger partial charge in [-0.25, -0.2) is 0 Å². The number of hydrogen-bond acceptors (Lipinski definition) is 28. The fourth-order valence-electron chi connectivity index (χ4n) is 7.84. The summed E-state index contributed by atoms with van der Waals surface area (Å²) in [5.74, 6) is 0. The van der Waals surface area contributed by atoms with Crippen LogP contribution in [0.3, 0.4) is 0 Å². The molecule has 28 nitrogen and oxygen atoms in total. The molecule has 0 aromatic heterocycles. The highest BCUT2D eigenvalue weighted by Crippen LogP contribution is 2.34. The van der Waals surface area contributed by atoms with Gasteiger partial charge in [0.25, 0.3) is 0 Å². The highest BCUT2D eigenvalue weighted by Gasteiger charge is 2.54. The van der Waals surface area contributed by atoms with Crippen molar-refractivity contribution in [2.24, 2.45) is 5.41 Å². The summed E-state index contributed by atoms with van der Waals surface area (Å²) in [6.07, 6.45) is -42.6. The maximum atomic E-state index is 11.1. The molecule has 0 radical (unpaired) electrons. The minimum Gasteiger partial charge on any atom is -0.394 e. The maximum absolute atomic E-state index is 11.1. The third-order valence-electron chi connectivity index (χ3n) is 11.8. The molecule has 0 amide bonds. The fraction of sp³-hybridized carbons (Fsp3) is 1.00. The number of methoxy groups -OCH3 is 1. The van der Waals surface area contributed by atoms with Crippen LogP contribution in [0.4, 0.5) is 0 Å². The molecule has 0 aromatic rings. The molecule has 5 heterocycles. The van der Waals surface area contributed by atoms with Crippen LogP contribution < -0.4 is 0 Å². The van der Waals surface area contributed by atoms with Gasteiger partial charge in [-0.2, -0.15) is 0 Å². The van der Waals surface area contributed by atoms with Crippen LogP contribution in [0.2, 0.25) is 0 Å². The van der Waals surface area contributed by atoms with Gasteiger partial charge in [0.2, 0.25) is 0 Å². The van der Waals surface area contributed by atoms with Gasteiger partial charge in [0.05, 0.1) is 52.9 Å². The summed E-state index contributed by atoms with van der Waals surface area (Å²) in [5, 5.41) is 177. The highest BCUT2D eigenvalue weighted by molar-refractivity contribution is 4.97. The Kier molecular flexibility index (Phi) is 19.7. The molecule has 5 aliphatic rings. The molecular formula is C36H64O28. The zero-order chi connectivity index (χ0) is 47.4. The summed E-state index contributed by atoms with van der Waals surface area (Å²) in [6, 6.07) is 0. The van der Waals surface area contributed by atoms with Gasteiger partial charge in [0.1, 0.15) is 122 Å². The van der Waals surface area contributed by atoms with Gasteiger partial charge in [-0.05, 0) is 0 Å². The van der Waals surface area contributed by atoms with Crippen LogP contribution >= 0.6 is 0 Å². The van der Waals surface area contributed by atoms with Crippen molar-refractivity contribution in [1.82, 2.24) is 0 Å². The Hall–Kier alpha value is -1.12. The van der Waals surface area contributed by atoms with E-state index in [1.165, 1.54) is 14.0 Å². The van der Waals surface area contributed by atoms with E-state index in [0.29, 0.717) is 0 Å². The van der Waals surface area contributed by atoms with Crippen LogP contribution in [0.5, 0.6) is 0 Å².